The van der Waals surface area contributed by atoms with E-state index in [1.807, 2.05) is 0 Å². The summed E-state index contributed by atoms with van der Waals surface area (Å²) in [5.41, 5.74) is 0.917. The van der Waals surface area contributed by atoms with Crippen LogP contribution in [0.1, 0.15) is 41.3 Å². The Labute approximate surface area is 109 Å². The Morgan fingerprint density at radius 1 is 1.35 bits per heavy atom. The number of carbonyl (C=O) groups is 1. The van der Waals surface area contributed by atoms with Crippen LogP contribution >= 0.6 is 23.2 Å². The molecule has 0 aromatic heterocycles. The number of hydrogen-bond acceptors (Lipinski definition) is 3. The third kappa shape index (κ3) is 2.35. The number of benzene rings is 1. The number of phenols is 1. The van der Waals surface area contributed by atoms with Gasteiger partial charge in [0.25, 0.3) is 0 Å². The van der Waals surface area contributed by atoms with E-state index in [4.69, 9.17) is 27.9 Å². The van der Waals surface area contributed by atoms with Gasteiger partial charge in [0.2, 0.25) is 0 Å². The molecular formula is C12H12Cl2O3. The summed E-state index contributed by atoms with van der Waals surface area (Å²) >= 11 is 11.4. The van der Waals surface area contributed by atoms with Crippen molar-refractivity contribution in [2.24, 2.45) is 0 Å². The van der Waals surface area contributed by atoms with Crippen LogP contribution in [0.3, 0.4) is 0 Å². The quantitative estimate of drug-likeness (QED) is 0.518. The van der Waals surface area contributed by atoms with Crippen molar-refractivity contribution in [3.05, 3.63) is 28.3 Å². The minimum Gasteiger partial charge on any atom is -0.505 e. The molecule has 1 unspecified atom stereocenters. The minimum atomic E-state index is -0.504. The number of phenolic OH excluding ortho intramolecular Hbond substituents is 1. The standard InChI is InChI=1S/C12H12Cl2O3/c13-6-2-1-3-9-7-4-5-8(14)11(15)10(7)12(16)17-9/h4-5,9,15H,1-3,6H2. The van der Waals surface area contributed by atoms with Gasteiger partial charge in [0, 0.05) is 11.4 Å². The first-order valence-corrected chi connectivity index (χ1v) is 6.34. The second kappa shape index (κ2) is 5.15. The normalized spacial score (nSPS) is 18.0. The molecule has 0 aliphatic carbocycles. The molecular weight excluding hydrogens is 263 g/mol. The van der Waals surface area contributed by atoms with Crippen LogP contribution in [0.2, 0.25) is 5.02 Å². The first-order chi connectivity index (χ1) is 8.15. The molecule has 1 aromatic rings. The molecule has 92 valence electrons. The average molecular weight is 275 g/mol. The Bertz CT molecular complexity index is 446. The Hall–Kier alpha value is -0.930. The fourth-order valence-corrected chi connectivity index (χ4v) is 2.30. The second-order valence-corrected chi connectivity index (χ2v) is 4.72. The molecule has 0 bridgehead atoms. The highest BCUT2D eigenvalue weighted by Crippen LogP contribution is 2.41. The lowest BCUT2D eigenvalue weighted by Gasteiger charge is -2.09. The van der Waals surface area contributed by atoms with Crippen LogP contribution < -0.4 is 0 Å². The number of cyclic esters (lactones) is 1. The van der Waals surface area contributed by atoms with Crippen LogP contribution in [-0.4, -0.2) is 17.0 Å². The predicted octanol–water partition coefficient (Wildman–Crippen LogP) is 3.67. The Balaban J connectivity index is 2.23. The number of fused-ring (bicyclic) bond motifs is 1. The molecule has 1 N–H and O–H groups in total. The molecule has 0 spiro atoms. The summed E-state index contributed by atoms with van der Waals surface area (Å²) in [6, 6.07) is 3.31. The van der Waals surface area contributed by atoms with Crippen molar-refractivity contribution >= 4 is 29.2 Å². The zero-order chi connectivity index (χ0) is 12.4. The number of aromatic hydroxyl groups is 1. The van der Waals surface area contributed by atoms with E-state index in [-0.39, 0.29) is 22.4 Å². The molecule has 1 aliphatic heterocycles. The second-order valence-electron chi connectivity index (χ2n) is 3.94. The lowest BCUT2D eigenvalue weighted by Crippen LogP contribution is -1.98. The average Bonchev–Trinajstić information content (AvgIpc) is 2.62. The molecule has 1 aromatic carbocycles. The molecule has 1 aliphatic rings. The third-order valence-electron chi connectivity index (χ3n) is 2.81. The zero-order valence-electron chi connectivity index (χ0n) is 9.08. The summed E-state index contributed by atoms with van der Waals surface area (Å²) in [6.45, 7) is 0. The SMILES string of the molecule is O=C1OC(CCCCCl)c2ccc(Cl)c(O)c21. The topological polar surface area (TPSA) is 46.5 Å². The van der Waals surface area contributed by atoms with Gasteiger partial charge in [-0.05, 0) is 25.3 Å². The van der Waals surface area contributed by atoms with Gasteiger partial charge in [0.05, 0.1) is 5.02 Å². The Kier molecular flexibility index (Phi) is 3.79. The summed E-state index contributed by atoms with van der Waals surface area (Å²) in [6.07, 6.45) is 2.19. The number of hydrogen-bond donors (Lipinski definition) is 1. The molecule has 0 radical (unpaired) electrons. The van der Waals surface area contributed by atoms with Crippen molar-refractivity contribution < 1.29 is 14.6 Å². The monoisotopic (exact) mass is 274 g/mol. The van der Waals surface area contributed by atoms with Crippen molar-refractivity contribution in [3.8, 4) is 5.75 Å². The smallest absolute Gasteiger partial charge is 0.343 e. The van der Waals surface area contributed by atoms with Crippen LogP contribution in [0.4, 0.5) is 0 Å². The molecule has 0 saturated carbocycles. The van der Waals surface area contributed by atoms with Gasteiger partial charge in [0.15, 0.2) is 0 Å². The van der Waals surface area contributed by atoms with Crippen molar-refractivity contribution in [1.82, 2.24) is 0 Å². The van der Waals surface area contributed by atoms with Crippen molar-refractivity contribution in [3.63, 3.8) is 0 Å². The van der Waals surface area contributed by atoms with E-state index in [0.717, 1.165) is 12.8 Å². The van der Waals surface area contributed by atoms with Gasteiger partial charge in [-0.2, -0.15) is 0 Å². The number of rotatable bonds is 4. The summed E-state index contributed by atoms with van der Waals surface area (Å²) in [5.74, 6) is -0.0933. The summed E-state index contributed by atoms with van der Waals surface area (Å²) in [4.78, 5) is 11.6. The largest absolute Gasteiger partial charge is 0.505 e. The molecule has 17 heavy (non-hydrogen) atoms. The number of unbranched alkanes of at least 4 members (excludes halogenated alkanes) is 1. The van der Waals surface area contributed by atoms with Gasteiger partial charge in [0.1, 0.15) is 17.4 Å². The number of alkyl halides is 1. The van der Waals surface area contributed by atoms with E-state index in [1.165, 1.54) is 0 Å². The fraction of sp³-hybridized carbons (Fsp3) is 0.417. The molecule has 0 saturated heterocycles. The Morgan fingerprint density at radius 3 is 2.82 bits per heavy atom. The van der Waals surface area contributed by atoms with Gasteiger partial charge in [-0.15, -0.1) is 11.6 Å². The molecule has 1 heterocycles. The van der Waals surface area contributed by atoms with E-state index < -0.39 is 5.97 Å². The fourth-order valence-electron chi connectivity index (χ4n) is 1.95. The van der Waals surface area contributed by atoms with Crippen molar-refractivity contribution in [2.45, 2.75) is 25.4 Å². The van der Waals surface area contributed by atoms with Crippen LogP contribution in [0, 0.1) is 0 Å². The van der Waals surface area contributed by atoms with Gasteiger partial charge in [-0.3, -0.25) is 0 Å². The van der Waals surface area contributed by atoms with E-state index in [2.05, 4.69) is 0 Å². The lowest BCUT2D eigenvalue weighted by atomic mass is 10.0. The van der Waals surface area contributed by atoms with Crippen LogP contribution in [0.15, 0.2) is 12.1 Å². The Morgan fingerprint density at radius 2 is 2.12 bits per heavy atom. The van der Waals surface area contributed by atoms with Gasteiger partial charge < -0.3 is 9.84 Å². The molecule has 2 rings (SSSR count). The number of esters is 1. The number of halogens is 2. The maximum Gasteiger partial charge on any atom is 0.343 e. The van der Waals surface area contributed by atoms with E-state index in [0.29, 0.717) is 17.9 Å². The highest BCUT2D eigenvalue weighted by atomic mass is 35.5. The minimum absolute atomic E-state index is 0.169. The molecule has 0 fully saturated rings. The third-order valence-corrected chi connectivity index (χ3v) is 3.38. The van der Waals surface area contributed by atoms with Crippen LogP contribution in [-0.2, 0) is 4.74 Å². The van der Waals surface area contributed by atoms with E-state index in [9.17, 15) is 9.90 Å². The maximum absolute atomic E-state index is 11.6. The summed E-state index contributed by atoms with van der Waals surface area (Å²) in [7, 11) is 0. The predicted molar refractivity (Wildman–Crippen MR) is 65.8 cm³/mol. The van der Waals surface area contributed by atoms with E-state index >= 15 is 0 Å². The molecule has 5 heteroatoms. The first-order valence-electron chi connectivity index (χ1n) is 5.43. The lowest BCUT2D eigenvalue weighted by molar-refractivity contribution is 0.0363. The van der Waals surface area contributed by atoms with Crippen LogP contribution in [0.5, 0.6) is 5.75 Å². The number of carbonyl (C=O) groups excluding carboxylic acids is 1. The van der Waals surface area contributed by atoms with Crippen molar-refractivity contribution in [2.75, 3.05) is 5.88 Å². The van der Waals surface area contributed by atoms with Gasteiger partial charge >= 0.3 is 5.97 Å². The first kappa shape index (κ1) is 12.5. The van der Waals surface area contributed by atoms with Gasteiger partial charge in [-0.25, -0.2) is 4.79 Å². The van der Waals surface area contributed by atoms with Gasteiger partial charge in [-0.1, -0.05) is 17.7 Å². The highest BCUT2D eigenvalue weighted by molar-refractivity contribution is 6.32. The van der Waals surface area contributed by atoms with E-state index in [1.54, 1.807) is 12.1 Å². The maximum atomic E-state index is 11.6. The van der Waals surface area contributed by atoms with Crippen LogP contribution in [0.25, 0.3) is 0 Å². The molecule has 3 nitrogen and oxygen atoms in total. The van der Waals surface area contributed by atoms with Crippen molar-refractivity contribution in [1.29, 1.82) is 0 Å². The number of ether oxygens (including phenoxy) is 1. The molecule has 0 amide bonds. The summed E-state index contributed by atoms with van der Waals surface area (Å²) in [5, 5.41) is 9.89. The highest BCUT2D eigenvalue weighted by Gasteiger charge is 2.34. The zero-order valence-corrected chi connectivity index (χ0v) is 10.6. The molecule has 1 atom stereocenters. The summed E-state index contributed by atoms with van der Waals surface area (Å²) < 4.78 is 5.21.